The number of aliphatic hydroxyl groups is 1. The zero-order chi connectivity index (χ0) is 18.4. The van der Waals surface area contributed by atoms with Crippen LogP contribution >= 0.6 is 0 Å². The average Bonchev–Trinajstić information content (AvgIpc) is 3.11. The van der Waals surface area contributed by atoms with Gasteiger partial charge in [0.05, 0.1) is 32.5 Å². The van der Waals surface area contributed by atoms with Crippen LogP contribution < -0.4 is 9.47 Å². The predicted octanol–water partition coefficient (Wildman–Crippen LogP) is 2.86. The van der Waals surface area contributed by atoms with Gasteiger partial charge in [0.1, 0.15) is 18.1 Å². The summed E-state index contributed by atoms with van der Waals surface area (Å²) < 4.78 is 16.9. The minimum atomic E-state index is -0.436. The number of likely N-dealkylation sites (N-methyl/N-ethyl adjacent to an activating group) is 1. The van der Waals surface area contributed by atoms with Crippen molar-refractivity contribution in [2.75, 3.05) is 26.9 Å². The number of benzene rings is 2. The van der Waals surface area contributed by atoms with Crippen molar-refractivity contribution in [2.45, 2.75) is 32.2 Å². The fourth-order valence-electron chi connectivity index (χ4n) is 3.25. The van der Waals surface area contributed by atoms with Crippen LogP contribution in [0.1, 0.15) is 18.1 Å². The minimum Gasteiger partial charge on any atom is -0.496 e. The molecule has 0 radical (unpaired) electrons. The summed E-state index contributed by atoms with van der Waals surface area (Å²) in [6.45, 7) is 5.12. The first-order valence-electron chi connectivity index (χ1n) is 9.04. The molecule has 0 bridgehead atoms. The van der Waals surface area contributed by atoms with Crippen molar-refractivity contribution >= 4 is 0 Å². The van der Waals surface area contributed by atoms with Crippen molar-refractivity contribution in [2.24, 2.45) is 0 Å². The number of aliphatic hydroxyl groups excluding tert-OH is 1. The molecule has 1 aliphatic rings. The van der Waals surface area contributed by atoms with E-state index in [0.717, 1.165) is 29.2 Å². The molecule has 26 heavy (non-hydrogen) atoms. The van der Waals surface area contributed by atoms with Crippen LogP contribution in [0.25, 0.3) is 0 Å². The van der Waals surface area contributed by atoms with Crippen molar-refractivity contribution in [1.82, 2.24) is 4.90 Å². The molecule has 0 spiro atoms. The Bertz CT molecular complexity index is 692. The maximum atomic E-state index is 10.1. The molecule has 5 heteroatoms. The zero-order valence-corrected chi connectivity index (χ0v) is 15.4. The molecule has 0 aromatic heterocycles. The molecular formula is C21H27NO4. The van der Waals surface area contributed by atoms with Gasteiger partial charge >= 0.3 is 0 Å². The minimum absolute atomic E-state index is 0.0266. The molecule has 1 N–H and O–H groups in total. The molecule has 140 valence electrons. The van der Waals surface area contributed by atoms with Gasteiger partial charge in [-0.15, -0.1) is 0 Å². The molecule has 5 nitrogen and oxygen atoms in total. The average molecular weight is 357 g/mol. The molecule has 3 rings (SSSR count). The van der Waals surface area contributed by atoms with Crippen LogP contribution in [0, 0.1) is 0 Å². The van der Waals surface area contributed by atoms with Gasteiger partial charge in [0.2, 0.25) is 0 Å². The van der Waals surface area contributed by atoms with Gasteiger partial charge in [-0.1, -0.05) is 43.3 Å². The van der Waals surface area contributed by atoms with Crippen molar-refractivity contribution in [3.05, 3.63) is 59.7 Å². The molecule has 2 atom stereocenters. The molecular weight excluding hydrogens is 330 g/mol. The summed E-state index contributed by atoms with van der Waals surface area (Å²) in [5, 5.41) is 10.1. The van der Waals surface area contributed by atoms with E-state index in [4.69, 9.17) is 14.2 Å². The van der Waals surface area contributed by atoms with Gasteiger partial charge < -0.3 is 19.3 Å². The highest BCUT2D eigenvalue weighted by Gasteiger charge is 2.31. The highest BCUT2D eigenvalue weighted by atomic mass is 16.5. The first-order valence-corrected chi connectivity index (χ1v) is 9.04. The highest BCUT2D eigenvalue weighted by molar-refractivity contribution is 5.41. The van der Waals surface area contributed by atoms with E-state index < -0.39 is 6.10 Å². The smallest absolute Gasteiger partial charge is 0.127 e. The number of rotatable bonds is 8. The molecule has 1 aliphatic heterocycles. The lowest BCUT2D eigenvalue weighted by atomic mass is 10.1. The molecule has 2 aromatic carbocycles. The van der Waals surface area contributed by atoms with Gasteiger partial charge in [-0.25, -0.2) is 0 Å². The Hall–Kier alpha value is -2.08. The third kappa shape index (κ3) is 4.55. The molecule has 0 amide bonds. The predicted molar refractivity (Wildman–Crippen MR) is 100 cm³/mol. The van der Waals surface area contributed by atoms with Gasteiger partial charge in [-0.05, 0) is 18.2 Å². The summed E-state index contributed by atoms with van der Waals surface area (Å²) in [5.74, 6) is 1.57. The lowest BCUT2D eigenvalue weighted by Crippen LogP contribution is -2.42. The Morgan fingerprint density at radius 2 is 1.96 bits per heavy atom. The fourth-order valence-corrected chi connectivity index (χ4v) is 3.25. The highest BCUT2D eigenvalue weighted by Crippen LogP contribution is 2.28. The summed E-state index contributed by atoms with van der Waals surface area (Å²) in [7, 11) is 1.67. The third-order valence-corrected chi connectivity index (χ3v) is 4.78. The van der Waals surface area contributed by atoms with Gasteiger partial charge in [0.15, 0.2) is 0 Å². The maximum Gasteiger partial charge on any atom is 0.127 e. The van der Waals surface area contributed by atoms with E-state index in [1.807, 2.05) is 48.5 Å². The van der Waals surface area contributed by atoms with Crippen LogP contribution in [-0.2, 0) is 17.9 Å². The van der Waals surface area contributed by atoms with E-state index in [1.165, 1.54) is 0 Å². The monoisotopic (exact) mass is 357 g/mol. The standard InChI is InChI=1S/C21H27NO4/c1-3-22(19-14-25-15-20(19)23)12-17-9-10-18(11-21(17)24-2)26-13-16-7-5-4-6-8-16/h4-11,19-20,23H,3,12-15H2,1-2H3/t19-,20-/m1/s1. The first-order chi connectivity index (χ1) is 12.7. The second-order valence-corrected chi connectivity index (χ2v) is 6.48. The van der Waals surface area contributed by atoms with Gasteiger partial charge in [-0.2, -0.15) is 0 Å². The summed E-state index contributed by atoms with van der Waals surface area (Å²) in [6, 6.07) is 16.0. The van der Waals surface area contributed by atoms with Crippen LogP contribution in [0.5, 0.6) is 11.5 Å². The number of ether oxygens (including phenoxy) is 3. The Kier molecular flexibility index (Phi) is 6.50. The van der Waals surface area contributed by atoms with Crippen LogP contribution in [-0.4, -0.2) is 49.0 Å². The molecule has 0 unspecified atom stereocenters. The summed E-state index contributed by atoms with van der Waals surface area (Å²) in [5.41, 5.74) is 2.20. The lowest BCUT2D eigenvalue weighted by molar-refractivity contribution is 0.0803. The molecule has 2 aromatic rings. The Labute approximate surface area is 155 Å². The first kappa shape index (κ1) is 18.7. The molecule has 1 heterocycles. The lowest BCUT2D eigenvalue weighted by Gasteiger charge is -2.29. The topological polar surface area (TPSA) is 51.2 Å². The van der Waals surface area contributed by atoms with Crippen molar-refractivity contribution in [1.29, 1.82) is 0 Å². The quantitative estimate of drug-likeness (QED) is 0.787. The summed E-state index contributed by atoms with van der Waals surface area (Å²) in [6.07, 6.45) is -0.436. The van der Waals surface area contributed by atoms with Crippen molar-refractivity contribution in [3.63, 3.8) is 0 Å². The fraction of sp³-hybridized carbons (Fsp3) is 0.429. The molecule has 1 saturated heterocycles. The van der Waals surface area contributed by atoms with E-state index in [9.17, 15) is 5.11 Å². The summed E-state index contributed by atoms with van der Waals surface area (Å²) >= 11 is 0. The molecule has 0 saturated carbocycles. The second kappa shape index (κ2) is 9.03. The Morgan fingerprint density at radius 3 is 2.62 bits per heavy atom. The van der Waals surface area contributed by atoms with E-state index in [1.54, 1.807) is 7.11 Å². The molecule has 0 aliphatic carbocycles. The Morgan fingerprint density at radius 1 is 1.15 bits per heavy atom. The van der Waals surface area contributed by atoms with Crippen molar-refractivity contribution in [3.8, 4) is 11.5 Å². The number of hydrogen-bond acceptors (Lipinski definition) is 5. The second-order valence-electron chi connectivity index (χ2n) is 6.48. The van der Waals surface area contributed by atoms with Gasteiger partial charge in [0, 0.05) is 18.2 Å². The van der Waals surface area contributed by atoms with E-state index in [0.29, 0.717) is 26.4 Å². The largest absolute Gasteiger partial charge is 0.496 e. The summed E-state index contributed by atoms with van der Waals surface area (Å²) in [4.78, 5) is 2.22. The van der Waals surface area contributed by atoms with Crippen LogP contribution in [0.2, 0.25) is 0 Å². The maximum absolute atomic E-state index is 10.1. The van der Waals surface area contributed by atoms with Crippen LogP contribution in [0.15, 0.2) is 48.5 Å². The SMILES string of the molecule is CCN(Cc1ccc(OCc2ccccc2)cc1OC)[C@@H]1COC[C@H]1O. The van der Waals surface area contributed by atoms with Crippen molar-refractivity contribution < 1.29 is 19.3 Å². The van der Waals surface area contributed by atoms with E-state index >= 15 is 0 Å². The Balaban J connectivity index is 1.67. The van der Waals surface area contributed by atoms with E-state index in [2.05, 4.69) is 11.8 Å². The molecule has 1 fully saturated rings. The zero-order valence-electron chi connectivity index (χ0n) is 15.4. The number of methoxy groups -OCH3 is 1. The van der Waals surface area contributed by atoms with Gasteiger partial charge in [0.25, 0.3) is 0 Å². The number of hydrogen-bond donors (Lipinski definition) is 1. The van der Waals surface area contributed by atoms with Crippen LogP contribution in [0.4, 0.5) is 0 Å². The van der Waals surface area contributed by atoms with E-state index in [-0.39, 0.29) is 6.04 Å². The van der Waals surface area contributed by atoms with Gasteiger partial charge in [-0.3, -0.25) is 4.90 Å². The number of nitrogens with zero attached hydrogens (tertiary/aromatic N) is 1. The third-order valence-electron chi connectivity index (χ3n) is 4.78. The van der Waals surface area contributed by atoms with Crippen LogP contribution in [0.3, 0.4) is 0 Å². The normalized spacial score (nSPS) is 19.7.